The van der Waals surface area contributed by atoms with Gasteiger partial charge in [-0.2, -0.15) is 5.26 Å². The van der Waals surface area contributed by atoms with Gasteiger partial charge in [0, 0.05) is 11.8 Å². The van der Waals surface area contributed by atoms with Gasteiger partial charge >= 0.3 is 12.1 Å². The molecular formula is C27H27N3O4. The molecule has 34 heavy (non-hydrogen) atoms. The molecular weight excluding hydrogens is 430 g/mol. The van der Waals surface area contributed by atoms with Gasteiger partial charge in [-0.3, -0.25) is 4.98 Å². The summed E-state index contributed by atoms with van der Waals surface area (Å²) in [7, 11) is 0. The number of carbonyl (C=O) groups is 2. The average Bonchev–Trinajstić information content (AvgIpc) is 2.82. The lowest BCUT2D eigenvalue weighted by Gasteiger charge is -2.26. The molecule has 1 N–H and O–H groups in total. The van der Waals surface area contributed by atoms with Crippen molar-refractivity contribution in [2.75, 3.05) is 0 Å². The van der Waals surface area contributed by atoms with Crippen molar-refractivity contribution in [3.05, 3.63) is 90.1 Å². The molecule has 3 rings (SSSR count). The highest BCUT2D eigenvalue weighted by Gasteiger charge is 2.29. The first-order valence-electron chi connectivity index (χ1n) is 10.9. The van der Waals surface area contributed by atoms with Crippen LogP contribution < -0.4 is 5.32 Å². The minimum atomic E-state index is -1.23. The molecule has 0 bridgehead atoms. The zero-order valence-corrected chi connectivity index (χ0v) is 19.4. The molecule has 0 saturated carbocycles. The van der Waals surface area contributed by atoms with Gasteiger partial charge in [0.1, 0.15) is 11.7 Å². The van der Waals surface area contributed by atoms with Crippen molar-refractivity contribution in [2.45, 2.75) is 44.9 Å². The predicted molar refractivity (Wildman–Crippen MR) is 128 cm³/mol. The molecule has 0 radical (unpaired) electrons. The fourth-order valence-corrected chi connectivity index (χ4v) is 3.25. The highest BCUT2D eigenvalue weighted by Crippen LogP contribution is 2.18. The number of alkyl carbamates (subject to hydrolysis) is 1. The smallest absolute Gasteiger partial charge is 0.408 e. The second-order valence-electron chi connectivity index (χ2n) is 8.69. The number of pyridine rings is 1. The molecule has 1 aromatic heterocycles. The first-order valence-corrected chi connectivity index (χ1v) is 10.9. The average molecular weight is 458 g/mol. The number of esters is 1. The largest absolute Gasteiger partial charge is 0.444 e. The summed E-state index contributed by atoms with van der Waals surface area (Å²) in [6, 6.07) is 22.9. The Morgan fingerprint density at radius 3 is 2.26 bits per heavy atom. The number of carbonyl (C=O) groups excluding carboxylic acids is 2. The van der Waals surface area contributed by atoms with Gasteiger partial charge in [-0.15, -0.1) is 0 Å². The van der Waals surface area contributed by atoms with Crippen molar-refractivity contribution in [3.63, 3.8) is 0 Å². The molecule has 174 valence electrons. The van der Waals surface area contributed by atoms with Crippen molar-refractivity contribution in [1.82, 2.24) is 10.3 Å². The van der Waals surface area contributed by atoms with E-state index in [9.17, 15) is 14.9 Å². The molecule has 2 atom stereocenters. The zero-order valence-electron chi connectivity index (χ0n) is 19.4. The number of ether oxygens (including phenoxy) is 2. The highest BCUT2D eigenvalue weighted by atomic mass is 16.6. The highest BCUT2D eigenvalue weighted by molar-refractivity contribution is 5.90. The Kier molecular flexibility index (Phi) is 7.99. The van der Waals surface area contributed by atoms with Gasteiger partial charge in [-0.05, 0) is 57.0 Å². The molecule has 7 nitrogen and oxygen atoms in total. The van der Waals surface area contributed by atoms with E-state index in [4.69, 9.17) is 9.47 Å². The fraction of sp³-hybridized carbons (Fsp3) is 0.259. The number of nitrogens with zero attached hydrogens (tertiary/aromatic N) is 2. The molecule has 1 heterocycles. The molecule has 0 aliphatic rings. The molecule has 1 amide bonds. The number of hydrogen-bond donors (Lipinski definition) is 1. The Labute approximate surface area is 199 Å². The van der Waals surface area contributed by atoms with Crippen LogP contribution in [0.4, 0.5) is 4.79 Å². The van der Waals surface area contributed by atoms with Gasteiger partial charge < -0.3 is 14.8 Å². The number of nitrogens with one attached hydrogen (secondary N) is 1. The van der Waals surface area contributed by atoms with E-state index in [0.717, 1.165) is 16.8 Å². The molecule has 2 unspecified atom stereocenters. The topological polar surface area (TPSA) is 101 Å². The van der Waals surface area contributed by atoms with Crippen molar-refractivity contribution in [3.8, 4) is 17.3 Å². The number of benzene rings is 2. The van der Waals surface area contributed by atoms with Crippen LogP contribution in [-0.2, 0) is 15.9 Å². The van der Waals surface area contributed by atoms with Crippen molar-refractivity contribution >= 4 is 12.1 Å². The Bertz CT molecular complexity index is 1130. The number of nitriles is 1. The molecule has 0 aliphatic heterocycles. The second kappa shape index (κ2) is 11.1. The third-order valence-electron chi connectivity index (χ3n) is 4.81. The monoisotopic (exact) mass is 457 g/mol. The quantitative estimate of drug-likeness (QED) is 0.505. The summed E-state index contributed by atoms with van der Waals surface area (Å²) >= 11 is 0. The van der Waals surface area contributed by atoms with Crippen molar-refractivity contribution < 1.29 is 19.1 Å². The van der Waals surface area contributed by atoms with Crippen molar-refractivity contribution in [1.29, 1.82) is 5.26 Å². The first kappa shape index (κ1) is 24.5. The van der Waals surface area contributed by atoms with E-state index >= 15 is 0 Å². The fourth-order valence-electron chi connectivity index (χ4n) is 3.25. The molecule has 0 fully saturated rings. The van der Waals surface area contributed by atoms with Crippen molar-refractivity contribution in [2.24, 2.45) is 0 Å². The minimum absolute atomic E-state index is 0.282. The van der Waals surface area contributed by atoms with Crippen LogP contribution in [0.2, 0.25) is 0 Å². The molecule has 3 aromatic rings. The lowest BCUT2D eigenvalue weighted by Crippen LogP contribution is -2.47. The Balaban J connectivity index is 1.75. The SMILES string of the molecule is CC(C)(C)OC(=O)NC(Cc1ccccc1)C(C#N)OC(=O)c1ccc(-c2ccccn2)cc1. The van der Waals surface area contributed by atoms with Gasteiger partial charge in [-0.25, -0.2) is 9.59 Å². The lowest BCUT2D eigenvalue weighted by atomic mass is 10.0. The molecule has 0 saturated heterocycles. The van der Waals surface area contributed by atoms with Gasteiger partial charge in [0.25, 0.3) is 0 Å². The van der Waals surface area contributed by atoms with E-state index in [1.807, 2.05) is 54.6 Å². The summed E-state index contributed by atoms with van der Waals surface area (Å²) in [5, 5.41) is 12.5. The van der Waals surface area contributed by atoms with E-state index in [2.05, 4.69) is 10.3 Å². The van der Waals surface area contributed by atoms with E-state index in [1.165, 1.54) is 0 Å². The molecule has 2 aromatic carbocycles. The number of hydrogen-bond acceptors (Lipinski definition) is 6. The molecule has 7 heteroatoms. The standard InChI is InChI=1S/C27H27N3O4/c1-27(2,3)34-26(32)30-23(17-19-9-5-4-6-10-19)24(18-28)33-25(31)21-14-12-20(13-15-21)22-11-7-8-16-29-22/h4-16,23-24H,17H2,1-3H3,(H,30,32). The maximum atomic E-state index is 12.8. The van der Waals surface area contributed by atoms with Crippen LogP contribution in [0.25, 0.3) is 11.3 Å². The van der Waals surface area contributed by atoms with E-state index in [-0.39, 0.29) is 12.0 Å². The summed E-state index contributed by atoms with van der Waals surface area (Å²) in [5.41, 5.74) is 2.08. The third kappa shape index (κ3) is 7.17. The Morgan fingerprint density at radius 1 is 1.00 bits per heavy atom. The van der Waals surface area contributed by atoms with E-state index < -0.39 is 29.8 Å². The minimum Gasteiger partial charge on any atom is -0.444 e. The van der Waals surface area contributed by atoms with Gasteiger partial charge in [0.05, 0.1) is 17.3 Å². The summed E-state index contributed by atoms with van der Waals surface area (Å²) in [6.07, 6.45) is 0.0594. The van der Waals surface area contributed by atoms with E-state index in [1.54, 1.807) is 51.2 Å². The van der Waals surface area contributed by atoms with Crippen LogP contribution in [0.1, 0.15) is 36.7 Å². The van der Waals surface area contributed by atoms with Crippen LogP contribution in [-0.4, -0.2) is 34.8 Å². The number of aromatic nitrogens is 1. The second-order valence-corrected chi connectivity index (χ2v) is 8.69. The summed E-state index contributed by atoms with van der Waals surface area (Å²) in [5.74, 6) is -0.664. The normalized spacial score (nSPS) is 12.6. The van der Waals surface area contributed by atoms with Crippen LogP contribution in [0, 0.1) is 11.3 Å². The van der Waals surface area contributed by atoms with Crippen LogP contribution in [0.15, 0.2) is 79.0 Å². The van der Waals surface area contributed by atoms with Crippen LogP contribution in [0.5, 0.6) is 0 Å². The lowest BCUT2D eigenvalue weighted by molar-refractivity contribution is 0.0260. The third-order valence-corrected chi connectivity index (χ3v) is 4.81. The zero-order chi connectivity index (χ0) is 24.6. The first-order chi connectivity index (χ1) is 16.2. The Hall–Kier alpha value is -4.18. The Morgan fingerprint density at radius 2 is 1.68 bits per heavy atom. The summed E-state index contributed by atoms with van der Waals surface area (Å²) in [6.45, 7) is 5.24. The maximum Gasteiger partial charge on any atom is 0.408 e. The van der Waals surface area contributed by atoms with Gasteiger partial charge in [0.15, 0.2) is 0 Å². The van der Waals surface area contributed by atoms with Gasteiger partial charge in [-0.1, -0.05) is 48.5 Å². The molecule has 0 spiro atoms. The number of rotatable bonds is 7. The van der Waals surface area contributed by atoms with Gasteiger partial charge in [0.2, 0.25) is 6.10 Å². The maximum absolute atomic E-state index is 12.8. The number of amides is 1. The predicted octanol–water partition coefficient (Wildman–Crippen LogP) is 4.93. The molecule has 0 aliphatic carbocycles. The van der Waals surface area contributed by atoms with Crippen LogP contribution in [0.3, 0.4) is 0 Å². The summed E-state index contributed by atoms with van der Waals surface area (Å²) < 4.78 is 10.9. The van der Waals surface area contributed by atoms with E-state index in [0.29, 0.717) is 0 Å². The summed E-state index contributed by atoms with van der Waals surface area (Å²) in [4.78, 5) is 29.5. The van der Waals surface area contributed by atoms with Crippen LogP contribution >= 0.6 is 0 Å².